The van der Waals surface area contributed by atoms with Crippen LogP contribution in [0, 0.1) is 11.8 Å². The number of rotatable bonds is 7. The number of hydrogen-bond acceptors (Lipinski definition) is 5. The molecule has 2 aromatic heterocycles. The van der Waals surface area contributed by atoms with Crippen molar-refractivity contribution in [3.8, 4) is 0 Å². The van der Waals surface area contributed by atoms with Crippen LogP contribution in [0.4, 0.5) is 28.4 Å². The summed E-state index contributed by atoms with van der Waals surface area (Å²) >= 11 is 6.67. The monoisotopic (exact) mass is 558 g/mol. The number of alkyl halides is 4. The Morgan fingerprint density at radius 3 is 2.59 bits per heavy atom. The van der Waals surface area contributed by atoms with Crippen LogP contribution >= 0.6 is 23.6 Å². The molecule has 0 aliphatic heterocycles. The van der Waals surface area contributed by atoms with Gasteiger partial charge in [0.2, 0.25) is 5.91 Å². The topological polar surface area (TPSA) is 100 Å². The van der Waals surface area contributed by atoms with Crippen molar-refractivity contribution in [3.63, 3.8) is 0 Å². The molecule has 2 amide bonds. The molecule has 2 fully saturated rings. The van der Waals surface area contributed by atoms with E-state index in [0.29, 0.717) is 42.3 Å². The number of fused-ring (bicyclic) bond motifs is 1. The summed E-state index contributed by atoms with van der Waals surface area (Å²) < 4.78 is 53.4. The van der Waals surface area contributed by atoms with Gasteiger partial charge < -0.3 is 21.3 Å². The molecule has 3 aliphatic carbocycles. The van der Waals surface area contributed by atoms with Crippen molar-refractivity contribution in [1.29, 1.82) is 0 Å². The third-order valence-electron chi connectivity index (χ3n) is 6.77. The van der Waals surface area contributed by atoms with Crippen LogP contribution in [0.5, 0.6) is 0 Å². The molecule has 2 saturated carbocycles. The lowest BCUT2D eigenvalue weighted by atomic mass is 9.91. The molecule has 2 unspecified atom stereocenters. The van der Waals surface area contributed by atoms with Crippen LogP contribution in [0.1, 0.15) is 52.2 Å². The second-order valence-electron chi connectivity index (χ2n) is 9.78. The predicted molar refractivity (Wildman–Crippen MR) is 134 cm³/mol. The number of thiophene rings is 1. The van der Waals surface area contributed by atoms with Gasteiger partial charge in [-0.1, -0.05) is 0 Å². The van der Waals surface area contributed by atoms with Crippen LogP contribution < -0.4 is 21.3 Å². The number of hydrogen-bond donors (Lipinski definition) is 4. The highest BCUT2D eigenvalue weighted by Crippen LogP contribution is 2.41. The predicted octanol–water partition coefficient (Wildman–Crippen LogP) is 3.78. The Kier molecular flexibility index (Phi) is 6.90. The summed E-state index contributed by atoms with van der Waals surface area (Å²) in [5.74, 6) is -0.810. The molecule has 0 aromatic carbocycles. The summed E-state index contributed by atoms with van der Waals surface area (Å²) in [5.41, 5.74) is 0.173. The van der Waals surface area contributed by atoms with E-state index in [-0.39, 0.29) is 29.3 Å². The maximum absolute atomic E-state index is 13.4. The van der Waals surface area contributed by atoms with Crippen LogP contribution in [0.2, 0.25) is 0 Å². The Hall–Kier alpha value is -2.74. The van der Waals surface area contributed by atoms with Gasteiger partial charge in [-0.3, -0.25) is 14.3 Å². The summed E-state index contributed by atoms with van der Waals surface area (Å²) in [5, 5.41) is 15.6. The maximum Gasteiger partial charge on any atom is 0.435 e. The Labute approximate surface area is 219 Å². The van der Waals surface area contributed by atoms with Crippen molar-refractivity contribution < 1.29 is 27.2 Å². The van der Waals surface area contributed by atoms with E-state index in [1.807, 2.05) is 0 Å². The highest BCUT2D eigenvalue weighted by atomic mass is 32.1. The Morgan fingerprint density at radius 2 is 1.97 bits per heavy atom. The molecule has 3 aliphatic rings. The highest BCUT2D eigenvalue weighted by Gasteiger charge is 2.44. The number of carbonyl (C=O) groups excluding carboxylic acids is 2. The van der Waals surface area contributed by atoms with Gasteiger partial charge in [0.05, 0.1) is 11.5 Å². The van der Waals surface area contributed by atoms with Gasteiger partial charge in [0, 0.05) is 30.6 Å². The van der Waals surface area contributed by atoms with E-state index in [1.165, 1.54) is 18.4 Å². The van der Waals surface area contributed by atoms with Crippen LogP contribution in [-0.4, -0.2) is 45.5 Å². The zero-order valence-corrected chi connectivity index (χ0v) is 21.5. The number of halogens is 4. The molecule has 4 N–H and O–H groups in total. The average molecular weight is 559 g/mol. The van der Waals surface area contributed by atoms with E-state index in [4.69, 9.17) is 12.2 Å². The van der Waals surface area contributed by atoms with Gasteiger partial charge in [0.1, 0.15) is 17.0 Å². The summed E-state index contributed by atoms with van der Waals surface area (Å²) in [6.45, 7) is 0.562. The molecule has 0 bridgehead atoms. The zero-order chi connectivity index (χ0) is 26.5. The highest BCUT2D eigenvalue weighted by molar-refractivity contribution is 7.80. The fraction of sp³-hybridized carbons (Fsp3) is 0.565. The van der Waals surface area contributed by atoms with E-state index in [9.17, 15) is 27.2 Å². The molecule has 37 heavy (non-hydrogen) atoms. The van der Waals surface area contributed by atoms with Crippen molar-refractivity contribution in [1.82, 2.24) is 20.4 Å². The number of thiocarbonyl (C=S) groups is 1. The Morgan fingerprint density at radius 1 is 1.24 bits per heavy atom. The standard InChI is InChI=1S/C23H26F4N6O2S2/c1-33-17(8-16(32-33)23(25,26)27)30-22(36)29-11-4-5-15-13(6-11)18(20(35)28-9-10-2-3-10)21(37-15)31-19(34)12-7-14(12)24/h8,10-12,14H,2-7,9H2,1H3,(H,28,35)(H,31,34)(H2,29,30,36)/t11-,12?,14?/m0/s1. The van der Waals surface area contributed by atoms with Crippen LogP contribution in [0.3, 0.4) is 0 Å². The van der Waals surface area contributed by atoms with Crippen LogP contribution in [-0.2, 0) is 30.9 Å². The molecule has 200 valence electrons. The van der Waals surface area contributed by atoms with Crippen molar-refractivity contribution >= 4 is 51.3 Å². The number of nitrogens with zero attached hydrogens (tertiary/aromatic N) is 2. The lowest BCUT2D eigenvalue weighted by Crippen LogP contribution is -2.41. The zero-order valence-electron chi connectivity index (χ0n) is 19.9. The van der Waals surface area contributed by atoms with Gasteiger partial charge in [0.25, 0.3) is 5.91 Å². The molecule has 0 saturated heterocycles. The first-order valence-corrected chi connectivity index (χ1v) is 13.3. The first-order valence-electron chi connectivity index (χ1n) is 12.1. The fourth-order valence-corrected chi connectivity index (χ4v) is 5.90. The lowest BCUT2D eigenvalue weighted by molar-refractivity contribution is -0.141. The first-order chi connectivity index (χ1) is 17.5. The van der Waals surface area contributed by atoms with E-state index in [2.05, 4.69) is 26.4 Å². The van der Waals surface area contributed by atoms with Gasteiger partial charge in [0.15, 0.2) is 10.8 Å². The van der Waals surface area contributed by atoms with Gasteiger partial charge in [-0.2, -0.15) is 18.3 Å². The normalized spacial score (nSPS) is 22.7. The lowest BCUT2D eigenvalue weighted by Gasteiger charge is -2.25. The molecule has 2 heterocycles. The largest absolute Gasteiger partial charge is 0.435 e. The van der Waals surface area contributed by atoms with E-state index >= 15 is 0 Å². The molecule has 8 nitrogen and oxygen atoms in total. The van der Waals surface area contributed by atoms with Crippen LogP contribution in [0.15, 0.2) is 6.07 Å². The Bertz CT molecular complexity index is 1240. The number of amides is 2. The summed E-state index contributed by atoms with van der Waals surface area (Å²) in [6, 6.07) is 0.694. The summed E-state index contributed by atoms with van der Waals surface area (Å²) in [7, 11) is 1.38. The second kappa shape index (κ2) is 9.86. The molecule has 14 heteroatoms. The molecule has 3 atom stereocenters. The average Bonchev–Trinajstić information content (AvgIpc) is 3.71. The molecular formula is C23H26F4N6O2S2. The molecular weight excluding hydrogens is 532 g/mol. The SMILES string of the molecule is Cn1nc(C(F)(F)F)cc1NC(=S)N[C@H]1CCc2sc(NC(=O)C3CC3F)c(C(=O)NCC3CC3)c2C1. The molecule has 2 aromatic rings. The van der Waals surface area contributed by atoms with Gasteiger partial charge in [-0.25, -0.2) is 4.39 Å². The summed E-state index contributed by atoms with van der Waals surface area (Å²) in [6.07, 6.45) is -1.65. The van der Waals surface area contributed by atoms with Gasteiger partial charge >= 0.3 is 6.18 Å². The number of anilines is 2. The minimum absolute atomic E-state index is 0.0910. The van der Waals surface area contributed by atoms with Crippen molar-refractivity contribution in [2.45, 2.75) is 56.9 Å². The van der Waals surface area contributed by atoms with Crippen molar-refractivity contribution in [3.05, 3.63) is 27.8 Å². The fourth-order valence-electron chi connectivity index (χ4n) is 4.38. The summed E-state index contributed by atoms with van der Waals surface area (Å²) in [4.78, 5) is 26.6. The first kappa shape index (κ1) is 25.9. The molecule has 5 rings (SSSR count). The van der Waals surface area contributed by atoms with E-state index < -0.39 is 29.9 Å². The van der Waals surface area contributed by atoms with Crippen molar-refractivity contribution in [2.24, 2.45) is 18.9 Å². The number of carbonyl (C=O) groups is 2. The number of aryl methyl sites for hydroxylation is 2. The van der Waals surface area contributed by atoms with Gasteiger partial charge in [-0.15, -0.1) is 11.3 Å². The smallest absolute Gasteiger partial charge is 0.359 e. The number of aromatic nitrogens is 2. The number of nitrogens with one attached hydrogen (secondary N) is 4. The molecule has 0 spiro atoms. The maximum atomic E-state index is 13.4. The quantitative estimate of drug-likeness (QED) is 0.305. The minimum Gasteiger partial charge on any atom is -0.359 e. The Balaban J connectivity index is 1.29. The van der Waals surface area contributed by atoms with Crippen LogP contribution in [0.25, 0.3) is 0 Å². The van der Waals surface area contributed by atoms with E-state index in [1.54, 1.807) is 0 Å². The minimum atomic E-state index is -4.57. The van der Waals surface area contributed by atoms with Gasteiger partial charge in [-0.05, 0) is 62.2 Å². The van der Waals surface area contributed by atoms with E-state index in [0.717, 1.165) is 34.0 Å². The third kappa shape index (κ3) is 5.89. The second-order valence-corrected chi connectivity index (χ2v) is 11.3. The van der Waals surface area contributed by atoms with Crippen molar-refractivity contribution in [2.75, 3.05) is 17.2 Å². The molecule has 0 radical (unpaired) electrons. The third-order valence-corrected chi connectivity index (χ3v) is 8.20.